The van der Waals surface area contributed by atoms with Crippen LogP contribution in [0, 0.1) is 6.92 Å². The quantitative estimate of drug-likeness (QED) is 0.737. The molecule has 1 aromatic carbocycles. The molecule has 0 bridgehead atoms. The van der Waals surface area contributed by atoms with Crippen LogP contribution in [0.15, 0.2) is 16.7 Å². The first kappa shape index (κ1) is 18.5. The van der Waals surface area contributed by atoms with Crippen molar-refractivity contribution in [3.05, 3.63) is 29.4 Å². The fourth-order valence-corrected chi connectivity index (χ4v) is 3.23. The van der Waals surface area contributed by atoms with Gasteiger partial charge in [0.25, 0.3) is 0 Å². The lowest BCUT2D eigenvalue weighted by Crippen LogP contribution is -2.45. The largest absolute Gasteiger partial charge is 0.493 e. The Kier molecular flexibility index (Phi) is 5.95. The molecule has 1 fully saturated rings. The van der Waals surface area contributed by atoms with Crippen LogP contribution in [0.3, 0.4) is 0 Å². The maximum Gasteiger partial charge on any atom is 0.240 e. The standard InChI is InChI=1S/C18H26N4O4/c1-13-19-16(26-20-13)12-22-9-7-21(8-10-22)11-14-5-6-15(23-2)18(25-4)17(14)24-3/h5-6H,7-12H2,1-4H3. The van der Waals surface area contributed by atoms with Crippen LogP contribution in [0.5, 0.6) is 17.2 Å². The highest BCUT2D eigenvalue weighted by atomic mass is 16.5. The Labute approximate surface area is 153 Å². The van der Waals surface area contributed by atoms with E-state index in [1.165, 1.54) is 0 Å². The fourth-order valence-electron chi connectivity index (χ4n) is 3.23. The van der Waals surface area contributed by atoms with Gasteiger partial charge in [-0.05, 0) is 13.0 Å². The van der Waals surface area contributed by atoms with Gasteiger partial charge in [-0.2, -0.15) is 4.98 Å². The minimum Gasteiger partial charge on any atom is -0.493 e. The van der Waals surface area contributed by atoms with Crippen LogP contribution < -0.4 is 14.2 Å². The van der Waals surface area contributed by atoms with Gasteiger partial charge in [0, 0.05) is 38.3 Å². The third-order valence-corrected chi connectivity index (χ3v) is 4.57. The highest BCUT2D eigenvalue weighted by Crippen LogP contribution is 2.40. The van der Waals surface area contributed by atoms with E-state index < -0.39 is 0 Å². The second kappa shape index (κ2) is 8.37. The average Bonchev–Trinajstić information content (AvgIpc) is 3.07. The van der Waals surface area contributed by atoms with Crippen molar-refractivity contribution in [3.63, 3.8) is 0 Å². The van der Waals surface area contributed by atoms with Crippen LogP contribution >= 0.6 is 0 Å². The molecule has 0 spiro atoms. The van der Waals surface area contributed by atoms with E-state index in [1.807, 2.05) is 19.1 Å². The zero-order valence-corrected chi connectivity index (χ0v) is 15.8. The Hall–Kier alpha value is -2.32. The molecule has 2 aromatic rings. The summed E-state index contributed by atoms with van der Waals surface area (Å²) in [5.74, 6) is 3.40. The van der Waals surface area contributed by atoms with Crippen LogP contribution in [0.1, 0.15) is 17.3 Å². The summed E-state index contributed by atoms with van der Waals surface area (Å²) in [7, 11) is 4.91. The molecule has 0 atom stereocenters. The van der Waals surface area contributed by atoms with E-state index in [4.69, 9.17) is 18.7 Å². The molecule has 2 heterocycles. The van der Waals surface area contributed by atoms with Gasteiger partial charge in [0.2, 0.25) is 11.6 Å². The van der Waals surface area contributed by atoms with Gasteiger partial charge < -0.3 is 18.7 Å². The average molecular weight is 362 g/mol. The molecule has 0 unspecified atom stereocenters. The molecule has 0 aliphatic carbocycles. The number of aryl methyl sites for hydroxylation is 1. The van der Waals surface area contributed by atoms with Gasteiger partial charge in [-0.3, -0.25) is 9.80 Å². The summed E-state index contributed by atoms with van der Waals surface area (Å²) in [6.45, 7) is 7.18. The second-order valence-electron chi connectivity index (χ2n) is 6.28. The van der Waals surface area contributed by atoms with E-state index in [2.05, 4.69) is 19.9 Å². The van der Waals surface area contributed by atoms with Crippen LogP contribution in [-0.4, -0.2) is 67.4 Å². The molecule has 142 valence electrons. The number of benzene rings is 1. The van der Waals surface area contributed by atoms with E-state index in [9.17, 15) is 0 Å². The highest BCUT2D eigenvalue weighted by molar-refractivity contribution is 5.55. The van der Waals surface area contributed by atoms with Gasteiger partial charge in [-0.1, -0.05) is 11.2 Å². The van der Waals surface area contributed by atoms with Crippen molar-refractivity contribution in [3.8, 4) is 17.2 Å². The minimum absolute atomic E-state index is 0.637. The maximum absolute atomic E-state index is 5.58. The molecule has 0 amide bonds. The molecule has 1 saturated heterocycles. The van der Waals surface area contributed by atoms with Crippen molar-refractivity contribution in [1.82, 2.24) is 19.9 Å². The van der Waals surface area contributed by atoms with Gasteiger partial charge >= 0.3 is 0 Å². The molecule has 0 N–H and O–H groups in total. The van der Waals surface area contributed by atoms with Crippen LogP contribution in [0.25, 0.3) is 0 Å². The first-order chi connectivity index (χ1) is 12.6. The third-order valence-electron chi connectivity index (χ3n) is 4.57. The molecule has 0 radical (unpaired) electrons. The van der Waals surface area contributed by atoms with Gasteiger partial charge in [0.1, 0.15) is 0 Å². The van der Waals surface area contributed by atoms with Crippen LogP contribution in [0.2, 0.25) is 0 Å². The van der Waals surface area contributed by atoms with Crippen molar-refractivity contribution in [2.24, 2.45) is 0 Å². The number of piperazine rings is 1. The Bertz CT molecular complexity index is 726. The number of rotatable bonds is 7. The molecule has 8 heteroatoms. The Balaban J connectivity index is 1.60. The van der Waals surface area contributed by atoms with Crippen molar-refractivity contribution < 1.29 is 18.7 Å². The number of nitrogens with zero attached hydrogens (tertiary/aromatic N) is 4. The van der Waals surface area contributed by atoms with E-state index in [1.54, 1.807) is 21.3 Å². The lowest BCUT2D eigenvalue weighted by molar-refractivity contribution is 0.111. The van der Waals surface area contributed by atoms with Gasteiger partial charge in [-0.15, -0.1) is 0 Å². The first-order valence-electron chi connectivity index (χ1n) is 8.66. The molecule has 1 aliphatic rings. The zero-order chi connectivity index (χ0) is 18.5. The summed E-state index contributed by atoms with van der Waals surface area (Å²) in [6.07, 6.45) is 0. The number of methoxy groups -OCH3 is 3. The van der Waals surface area contributed by atoms with Crippen LogP contribution in [0.4, 0.5) is 0 Å². The molecule has 0 saturated carbocycles. The summed E-state index contributed by atoms with van der Waals surface area (Å²) in [4.78, 5) is 9.01. The van der Waals surface area contributed by atoms with E-state index in [-0.39, 0.29) is 0 Å². The molecule has 3 rings (SSSR count). The summed E-state index contributed by atoms with van der Waals surface area (Å²) >= 11 is 0. The lowest BCUT2D eigenvalue weighted by Gasteiger charge is -2.34. The number of ether oxygens (including phenoxy) is 3. The molecular weight excluding hydrogens is 336 g/mol. The molecule has 8 nitrogen and oxygen atoms in total. The monoisotopic (exact) mass is 362 g/mol. The smallest absolute Gasteiger partial charge is 0.240 e. The summed E-state index contributed by atoms with van der Waals surface area (Å²) in [6, 6.07) is 3.96. The zero-order valence-electron chi connectivity index (χ0n) is 15.8. The van der Waals surface area contributed by atoms with Gasteiger partial charge in [0.15, 0.2) is 17.3 Å². The SMILES string of the molecule is COc1ccc(CN2CCN(Cc3nc(C)no3)CC2)c(OC)c1OC. The summed E-state index contributed by atoms with van der Waals surface area (Å²) < 4.78 is 21.6. The van der Waals surface area contributed by atoms with Crippen molar-refractivity contribution in [2.45, 2.75) is 20.0 Å². The Morgan fingerprint density at radius 2 is 1.58 bits per heavy atom. The molecule has 26 heavy (non-hydrogen) atoms. The first-order valence-corrected chi connectivity index (χ1v) is 8.66. The maximum atomic E-state index is 5.58. The number of aromatic nitrogens is 2. The Morgan fingerprint density at radius 1 is 0.923 bits per heavy atom. The Morgan fingerprint density at radius 3 is 2.12 bits per heavy atom. The topological polar surface area (TPSA) is 73.1 Å². The number of hydrogen-bond acceptors (Lipinski definition) is 8. The number of hydrogen-bond donors (Lipinski definition) is 0. The van der Waals surface area contributed by atoms with Crippen molar-refractivity contribution in [2.75, 3.05) is 47.5 Å². The third kappa shape index (κ3) is 4.08. The highest BCUT2D eigenvalue weighted by Gasteiger charge is 2.22. The normalized spacial score (nSPS) is 15.8. The minimum atomic E-state index is 0.637. The lowest BCUT2D eigenvalue weighted by atomic mass is 10.1. The van der Waals surface area contributed by atoms with Crippen molar-refractivity contribution in [1.29, 1.82) is 0 Å². The van der Waals surface area contributed by atoms with Crippen molar-refractivity contribution >= 4 is 0 Å². The molecule has 1 aromatic heterocycles. The van der Waals surface area contributed by atoms with Crippen LogP contribution in [-0.2, 0) is 13.1 Å². The van der Waals surface area contributed by atoms with Gasteiger partial charge in [0.05, 0.1) is 27.9 Å². The second-order valence-corrected chi connectivity index (χ2v) is 6.28. The summed E-state index contributed by atoms with van der Waals surface area (Å²) in [5, 5.41) is 3.84. The predicted octanol–water partition coefficient (Wildman–Crippen LogP) is 1.72. The van der Waals surface area contributed by atoms with E-state index in [0.29, 0.717) is 29.8 Å². The summed E-state index contributed by atoms with van der Waals surface area (Å²) in [5.41, 5.74) is 1.09. The molecular formula is C18H26N4O4. The molecule has 1 aliphatic heterocycles. The van der Waals surface area contributed by atoms with E-state index in [0.717, 1.165) is 44.0 Å². The van der Waals surface area contributed by atoms with E-state index >= 15 is 0 Å². The fraction of sp³-hybridized carbons (Fsp3) is 0.556. The van der Waals surface area contributed by atoms with Gasteiger partial charge in [-0.25, -0.2) is 0 Å². The predicted molar refractivity (Wildman–Crippen MR) is 95.7 cm³/mol.